The standard InChI is InChI=1S/C14H19NO2/c1-2-5-13-10-17-14(16-9-12(13)4-1)11-6-3-7-15-8-11/h1-2,4-5,11,14-15H,3,6-10H2. The minimum absolute atomic E-state index is 0.0461. The maximum Gasteiger partial charge on any atom is 0.162 e. The Balaban J connectivity index is 1.68. The molecule has 0 aliphatic carbocycles. The minimum atomic E-state index is -0.0461. The van der Waals surface area contributed by atoms with Crippen LogP contribution in [-0.4, -0.2) is 19.4 Å². The second-order valence-corrected chi connectivity index (χ2v) is 4.87. The van der Waals surface area contributed by atoms with Crippen LogP contribution in [0.4, 0.5) is 0 Å². The summed E-state index contributed by atoms with van der Waals surface area (Å²) in [5.41, 5.74) is 2.53. The fraction of sp³-hybridized carbons (Fsp3) is 0.571. The van der Waals surface area contributed by atoms with Crippen molar-refractivity contribution in [3.63, 3.8) is 0 Å². The molecule has 0 saturated carbocycles. The fourth-order valence-electron chi connectivity index (χ4n) is 2.61. The van der Waals surface area contributed by atoms with E-state index in [4.69, 9.17) is 9.47 Å². The molecule has 3 rings (SSSR count). The lowest BCUT2D eigenvalue weighted by Gasteiger charge is -2.29. The number of hydrogen-bond donors (Lipinski definition) is 1. The third-order valence-corrected chi connectivity index (χ3v) is 3.64. The van der Waals surface area contributed by atoms with Gasteiger partial charge in [0.1, 0.15) is 0 Å². The summed E-state index contributed by atoms with van der Waals surface area (Å²) in [6.45, 7) is 3.50. The maximum absolute atomic E-state index is 5.91. The highest BCUT2D eigenvalue weighted by Gasteiger charge is 2.27. The van der Waals surface area contributed by atoms with E-state index in [1.165, 1.54) is 24.0 Å². The van der Waals surface area contributed by atoms with Crippen LogP contribution in [0.5, 0.6) is 0 Å². The Morgan fingerprint density at radius 2 is 1.76 bits per heavy atom. The molecule has 0 bridgehead atoms. The van der Waals surface area contributed by atoms with Crippen molar-refractivity contribution in [2.75, 3.05) is 13.1 Å². The Kier molecular flexibility index (Phi) is 3.41. The van der Waals surface area contributed by atoms with Gasteiger partial charge in [-0.05, 0) is 30.5 Å². The third-order valence-electron chi connectivity index (χ3n) is 3.64. The first-order chi connectivity index (χ1) is 8.43. The lowest BCUT2D eigenvalue weighted by atomic mass is 9.99. The largest absolute Gasteiger partial charge is 0.348 e. The van der Waals surface area contributed by atoms with E-state index in [1.807, 2.05) is 0 Å². The van der Waals surface area contributed by atoms with Crippen molar-refractivity contribution in [1.82, 2.24) is 5.32 Å². The van der Waals surface area contributed by atoms with Gasteiger partial charge in [0.15, 0.2) is 6.29 Å². The molecule has 1 aromatic rings. The van der Waals surface area contributed by atoms with E-state index in [-0.39, 0.29) is 6.29 Å². The van der Waals surface area contributed by atoms with Gasteiger partial charge in [0.2, 0.25) is 0 Å². The molecule has 0 amide bonds. The first-order valence-corrected chi connectivity index (χ1v) is 6.44. The lowest BCUT2D eigenvalue weighted by molar-refractivity contribution is -0.181. The normalized spacial score (nSPS) is 26.2. The second kappa shape index (κ2) is 5.17. The zero-order valence-corrected chi connectivity index (χ0v) is 10.0. The topological polar surface area (TPSA) is 30.5 Å². The van der Waals surface area contributed by atoms with Crippen molar-refractivity contribution in [3.05, 3.63) is 35.4 Å². The molecule has 2 aliphatic rings. The van der Waals surface area contributed by atoms with Crippen molar-refractivity contribution in [2.24, 2.45) is 5.92 Å². The first kappa shape index (κ1) is 11.2. The predicted molar refractivity (Wildman–Crippen MR) is 65.4 cm³/mol. The molecule has 2 heterocycles. The Morgan fingerprint density at radius 3 is 2.35 bits per heavy atom. The second-order valence-electron chi connectivity index (χ2n) is 4.87. The van der Waals surface area contributed by atoms with Crippen LogP contribution in [0.25, 0.3) is 0 Å². The van der Waals surface area contributed by atoms with E-state index >= 15 is 0 Å². The summed E-state index contributed by atoms with van der Waals surface area (Å²) in [6.07, 6.45) is 2.38. The molecule has 1 unspecified atom stereocenters. The third kappa shape index (κ3) is 2.51. The smallest absolute Gasteiger partial charge is 0.162 e. The van der Waals surface area contributed by atoms with Crippen LogP contribution in [0.15, 0.2) is 24.3 Å². The quantitative estimate of drug-likeness (QED) is 0.805. The number of piperidine rings is 1. The summed E-state index contributed by atoms with van der Waals surface area (Å²) in [4.78, 5) is 0. The average Bonchev–Trinajstić information content (AvgIpc) is 2.62. The van der Waals surface area contributed by atoms with Gasteiger partial charge in [0.05, 0.1) is 13.2 Å². The van der Waals surface area contributed by atoms with E-state index < -0.39 is 0 Å². The van der Waals surface area contributed by atoms with Crippen molar-refractivity contribution in [2.45, 2.75) is 32.3 Å². The van der Waals surface area contributed by atoms with Gasteiger partial charge >= 0.3 is 0 Å². The van der Waals surface area contributed by atoms with Crippen LogP contribution in [-0.2, 0) is 22.7 Å². The number of benzene rings is 1. The maximum atomic E-state index is 5.91. The van der Waals surface area contributed by atoms with Crippen LogP contribution in [0, 0.1) is 5.92 Å². The van der Waals surface area contributed by atoms with Gasteiger partial charge in [-0.25, -0.2) is 0 Å². The molecule has 1 fully saturated rings. The Morgan fingerprint density at radius 1 is 1.06 bits per heavy atom. The number of fused-ring (bicyclic) bond motifs is 1. The lowest BCUT2D eigenvalue weighted by Crippen LogP contribution is -2.38. The van der Waals surface area contributed by atoms with E-state index in [1.54, 1.807) is 0 Å². The van der Waals surface area contributed by atoms with E-state index in [9.17, 15) is 0 Å². The van der Waals surface area contributed by atoms with Crippen LogP contribution in [0.2, 0.25) is 0 Å². The number of nitrogens with one attached hydrogen (secondary N) is 1. The first-order valence-electron chi connectivity index (χ1n) is 6.44. The molecular weight excluding hydrogens is 214 g/mol. The van der Waals surface area contributed by atoms with Gasteiger partial charge in [-0.3, -0.25) is 0 Å². The Labute approximate surface area is 102 Å². The highest BCUT2D eigenvalue weighted by atomic mass is 16.7. The van der Waals surface area contributed by atoms with Crippen LogP contribution in [0.1, 0.15) is 24.0 Å². The summed E-state index contributed by atoms with van der Waals surface area (Å²) in [7, 11) is 0. The highest BCUT2D eigenvalue weighted by molar-refractivity contribution is 5.26. The SMILES string of the molecule is c1ccc2c(c1)COC(C1CCCNC1)OC2. The van der Waals surface area contributed by atoms with Gasteiger partial charge in [0.25, 0.3) is 0 Å². The molecule has 1 atom stereocenters. The fourth-order valence-corrected chi connectivity index (χ4v) is 2.61. The summed E-state index contributed by atoms with van der Waals surface area (Å²) >= 11 is 0. The zero-order valence-electron chi connectivity index (χ0n) is 10.0. The van der Waals surface area contributed by atoms with Crippen LogP contribution in [0.3, 0.4) is 0 Å². The molecular formula is C14H19NO2. The molecule has 1 aromatic carbocycles. The van der Waals surface area contributed by atoms with Crippen molar-refractivity contribution in [3.8, 4) is 0 Å². The molecule has 0 aromatic heterocycles. The number of hydrogen-bond acceptors (Lipinski definition) is 3. The zero-order chi connectivity index (χ0) is 11.5. The van der Waals surface area contributed by atoms with Gasteiger partial charge in [-0.1, -0.05) is 24.3 Å². The molecule has 0 radical (unpaired) electrons. The summed E-state index contributed by atoms with van der Waals surface area (Å²) in [6, 6.07) is 8.37. The summed E-state index contributed by atoms with van der Waals surface area (Å²) in [5, 5.41) is 3.41. The molecule has 3 nitrogen and oxygen atoms in total. The summed E-state index contributed by atoms with van der Waals surface area (Å²) in [5.74, 6) is 0.498. The van der Waals surface area contributed by atoms with Gasteiger partial charge < -0.3 is 14.8 Å². The number of rotatable bonds is 1. The van der Waals surface area contributed by atoms with Crippen molar-refractivity contribution < 1.29 is 9.47 Å². The van der Waals surface area contributed by atoms with E-state index in [0.717, 1.165) is 13.1 Å². The molecule has 3 heteroatoms. The molecule has 0 spiro atoms. The van der Waals surface area contributed by atoms with E-state index in [0.29, 0.717) is 19.1 Å². The highest BCUT2D eigenvalue weighted by Crippen LogP contribution is 2.25. The Bertz CT molecular complexity index is 347. The average molecular weight is 233 g/mol. The Hall–Kier alpha value is -0.900. The molecule has 17 heavy (non-hydrogen) atoms. The van der Waals surface area contributed by atoms with Crippen LogP contribution >= 0.6 is 0 Å². The van der Waals surface area contributed by atoms with Crippen LogP contribution < -0.4 is 5.32 Å². The molecule has 1 N–H and O–H groups in total. The van der Waals surface area contributed by atoms with Crippen molar-refractivity contribution >= 4 is 0 Å². The number of ether oxygens (including phenoxy) is 2. The minimum Gasteiger partial charge on any atom is -0.348 e. The van der Waals surface area contributed by atoms with Gasteiger partial charge in [-0.2, -0.15) is 0 Å². The molecule has 1 saturated heterocycles. The van der Waals surface area contributed by atoms with E-state index in [2.05, 4.69) is 29.6 Å². The van der Waals surface area contributed by atoms with Crippen molar-refractivity contribution in [1.29, 1.82) is 0 Å². The monoisotopic (exact) mass is 233 g/mol. The molecule has 2 aliphatic heterocycles. The predicted octanol–water partition coefficient (Wildman–Crippen LogP) is 2.06. The molecule has 92 valence electrons. The van der Waals surface area contributed by atoms with Gasteiger partial charge in [-0.15, -0.1) is 0 Å². The summed E-state index contributed by atoms with van der Waals surface area (Å²) < 4.78 is 11.8. The van der Waals surface area contributed by atoms with Gasteiger partial charge in [0, 0.05) is 12.5 Å².